The maximum atomic E-state index is 13.6. The van der Waals surface area contributed by atoms with Gasteiger partial charge in [0, 0.05) is 30.3 Å². The molecule has 3 N–H and O–H groups in total. The van der Waals surface area contributed by atoms with Gasteiger partial charge in [0.15, 0.2) is 6.10 Å². The third kappa shape index (κ3) is 11.1. The number of amides is 2. The fourth-order valence-electron chi connectivity index (χ4n) is 5.07. The van der Waals surface area contributed by atoms with E-state index in [-0.39, 0.29) is 31.7 Å². The first-order valence-corrected chi connectivity index (χ1v) is 16.7. The summed E-state index contributed by atoms with van der Waals surface area (Å²) in [5.41, 5.74) is 1.07. The largest absolute Gasteiger partial charge is 0.459 e. The van der Waals surface area contributed by atoms with Gasteiger partial charge < -0.3 is 25.2 Å². The highest BCUT2D eigenvalue weighted by Crippen LogP contribution is 2.32. The molecule has 1 aliphatic heterocycles. The Balaban J connectivity index is 1.96. The molecule has 3 rings (SSSR count). The Labute approximate surface area is 287 Å². The summed E-state index contributed by atoms with van der Waals surface area (Å²) >= 11 is 13.0. The van der Waals surface area contributed by atoms with Crippen LogP contribution in [-0.2, 0) is 35.1 Å². The van der Waals surface area contributed by atoms with Gasteiger partial charge >= 0.3 is 11.9 Å². The van der Waals surface area contributed by atoms with Gasteiger partial charge in [-0.25, -0.2) is 4.79 Å². The van der Waals surface area contributed by atoms with Gasteiger partial charge in [-0.05, 0) is 61.9 Å². The van der Waals surface area contributed by atoms with Gasteiger partial charge in [-0.1, -0.05) is 80.9 Å². The van der Waals surface area contributed by atoms with E-state index in [1.165, 1.54) is 12.2 Å². The lowest BCUT2D eigenvalue weighted by atomic mass is 9.90. The van der Waals surface area contributed by atoms with Gasteiger partial charge in [0.25, 0.3) is 0 Å². The van der Waals surface area contributed by atoms with E-state index in [4.69, 9.17) is 32.7 Å². The molecular formula is C36H46Cl2N2O7. The zero-order chi connectivity index (χ0) is 34.9. The van der Waals surface area contributed by atoms with Crippen LogP contribution in [0.5, 0.6) is 0 Å². The van der Waals surface area contributed by atoms with Crippen LogP contribution >= 0.6 is 23.2 Å². The van der Waals surface area contributed by atoms with Crippen LogP contribution in [0.1, 0.15) is 69.5 Å². The summed E-state index contributed by atoms with van der Waals surface area (Å²) in [6.45, 7) is 10.4. The van der Waals surface area contributed by atoms with E-state index < -0.39 is 64.8 Å². The first-order valence-electron chi connectivity index (χ1n) is 15.9. The van der Waals surface area contributed by atoms with Crippen molar-refractivity contribution < 1.29 is 33.8 Å². The molecule has 0 saturated heterocycles. The number of alkyl halides is 1. The van der Waals surface area contributed by atoms with Crippen molar-refractivity contribution in [3.05, 3.63) is 82.4 Å². The zero-order valence-corrected chi connectivity index (χ0v) is 29.3. The number of esters is 2. The highest BCUT2D eigenvalue weighted by Gasteiger charge is 2.38. The van der Waals surface area contributed by atoms with Crippen molar-refractivity contribution in [1.82, 2.24) is 10.6 Å². The molecule has 0 saturated carbocycles. The van der Waals surface area contributed by atoms with Crippen LogP contribution in [0.3, 0.4) is 0 Å². The van der Waals surface area contributed by atoms with Crippen molar-refractivity contribution in [3.63, 3.8) is 0 Å². The van der Waals surface area contributed by atoms with Crippen molar-refractivity contribution in [2.75, 3.05) is 6.54 Å². The van der Waals surface area contributed by atoms with E-state index in [0.29, 0.717) is 10.6 Å². The Bertz CT molecular complexity index is 1430. The average Bonchev–Trinajstić information content (AvgIpc) is 3.02. The fraction of sp³-hybridized carbons (Fsp3) is 0.500. The molecule has 1 aliphatic rings. The average molecular weight is 690 g/mol. The molecule has 0 bridgehead atoms. The molecular weight excluding hydrogens is 643 g/mol. The number of rotatable bonds is 8. The van der Waals surface area contributed by atoms with Gasteiger partial charge in [0.1, 0.15) is 12.1 Å². The van der Waals surface area contributed by atoms with Crippen LogP contribution in [0.2, 0.25) is 5.02 Å². The summed E-state index contributed by atoms with van der Waals surface area (Å²) in [5.74, 6) is -3.25. The second kappa shape index (κ2) is 17.1. The van der Waals surface area contributed by atoms with Crippen molar-refractivity contribution >= 4 is 47.0 Å². The Kier molecular flexibility index (Phi) is 13.9. The minimum atomic E-state index is -1.23. The number of hydrogen-bond acceptors (Lipinski definition) is 7. The molecule has 2 aromatic rings. The maximum absolute atomic E-state index is 13.6. The van der Waals surface area contributed by atoms with Gasteiger partial charge in [0.2, 0.25) is 11.8 Å². The predicted molar refractivity (Wildman–Crippen MR) is 182 cm³/mol. The first-order chi connectivity index (χ1) is 22.1. The molecule has 6 atom stereocenters. The summed E-state index contributed by atoms with van der Waals surface area (Å²) in [6, 6.07) is 13.5. The highest BCUT2D eigenvalue weighted by atomic mass is 35.5. The Morgan fingerprint density at radius 3 is 2.34 bits per heavy atom. The molecule has 11 heteroatoms. The molecule has 0 radical (unpaired) electrons. The number of hydrogen-bond donors (Lipinski definition) is 3. The number of cyclic esters (lactones) is 2. The quantitative estimate of drug-likeness (QED) is 0.242. The van der Waals surface area contributed by atoms with Crippen LogP contribution in [0.4, 0.5) is 0 Å². The molecule has 9 nitrogen and oxygen atoms in total. The smallest absolute Gasteiger partial charge is 0.347 e. The Morgan fingerprint density at radius 1 is 1.02 bits per heavy atom. The Hall–Kier alpha value is -3.40. The number of aliphatic hydroxyl groups is 1. The number of ether oxygens (including phenoxy) is 2. The van der Waals surface area contributed by atoms with Gasteiger partial charge in [0.05, 0.1) is 16.9 Å². The van der Waals surface area contributed by atoms with Gasteiger partial charge in [-0.3, -0.25) is 14.4 Å². The molecule has 0 spiro atoms. The summed E-state index contributed by atoms with van der Waals surface area (Å²) in [7, 11) is 0. The second-order valence-electron chi connectivity index (χ2n) is 13.2. The van der Waals surface area contributed by atoms with E-state index >= 15 is 0 Å². The van der Waals surface area contributed by atoms with Gasteiger partial charge in [-0.15, -0.1) is 11.6 Å². The monoisotopic (exact) mass is 688 g/mol. The third-order valence-electron chi connectivity index (χ3n) is 8.21. The van der Waals surface area contributed by atoms with Crippen LogP contribution < -0.4 is 10.6 Å². The Morgan fingerprint density at radius 2 is 1.70 bits per heavy atom. The van der Waals surface area contributed by atoms with Crippen molar-refractivity contribution in [1.29, 1.82) is 0 Å². The summed E-state index contributed by atoms with van der Waals surface area (Å²) < 4.78 is 11.7. The number of halogens is 2. The number of aryl methyl sites for hydroxylation is 1. The lowest BCUT2D eigenvalue weighted by molar-refractivity contribution is -0.180. The summed E-state index contributed by atoms with van der Waals surface area (Å²) in [5, 5.41) is 16.5. The maximum Gasteiger partial charge on any atom is 0.347 e. The van der Waals surface area contributed by atoms with Gasteiger partial charge in [-0.2, -0.15) is 0 Å². The molecule has 0 fully saturated rings. The molecule has 256 valence electrons. The van der Waals surface area contributed by atoms with E-state index in [0.717, 1.165) is 11.1 Å². The molecule has 2 aromatic carbocycles. The highest BCUT2D eigenvalue weighted by molar-refractivity contribution is 6.31. The van der Waals surface area contributed by atoms with Crippen LogP contribution in [-0.4, -0.2) is 59.8 Å². The zero-order valence-electron chi connectivity index (χ0n) is 27.8. The topological polar surface area (TPSA) is 131 Å². The van der Waals surface area contributed by atoms with Crippen LogP contribution in [0, 0.1) is 24.2 Å². The van der Waals surface area contributed by atoms with E-state index in [9.17, 15) is 24.3 Å². The van der Waals surface area contributed by atoms with E-state index in [1.54, 1.807) is 39.0 Å². The normalized spacial score (nSPS) is 23.9. The number of nitrogens with one attached hydrogen (secondary N) is 2. The molecule has 6 unspecified atom stereocenters. The number of carbonyl (C=O) groups is 4. The molecule has 1 heterocycles. The molecule has 0 aromatic heterocycles. The lowest BCUT2D eigenvalue weighted by Crippen LogP contribution is -2.51. The van der Waals surface area contributed by atoms with E-state index in [1.807, 2.05) is 51.1 Å². The SMILES string of the molecule is Cc1ccc(CC2NC(=O)/C=C/CC(C(C)C(O)C(Cl)c3ccccc3)OC(=O)C(CC(C)C)OC(=O)C(C)(C)CNC2=O)cc1Cl. The van der Waals surface area contributed by atoms with Crippen molar-refractivity contribution in [2.24, 2.45) is 17.3 Å². The summed E-state index contributed by atoms with van der Waals surface area (Å²) in [6.07, 6.45) is -0.153. The molecule has 47 heavy (non-hydrogen) atoms. The number of aliphatic hydroxyl groups excluding tert-OH is 1. The molecule has 2 amide bonds. The number of carbonyl (C=O) groups excluding carboxylic acids is 4. The predicted octanol–water partition coefficient (Wildman–Crippen LogP) is 5.62. The minimum Gasteiger partial charge on any atom is -0.459 e. The number of benzene rings is 2. The lowest BCUT2D eigenvalue weighted by Gasteiger charge is -2.32. The molecule has 0 aliphatic carbocycles. The third-order valence-corrected chi connectivity index (χ3v) is 9.13. The van der Waals surface area contributed by atoms with Crippen molar-refractivity contribution in [3.8, 4) is 0 Å². The summed E-state index contributed by atoms with van der Waals surface area (Å²) in [4.78, 5) is 53.5. The second-order valence-corrected chi connectivity index (χ2v) is 14.1. The van der Waals surface area contributed by atoms with Crippen molar-refractivity contribution in [2.45, 2.75) is 90.5 Å². The fourth-order valence-corrected chi connectivity index (χ4v) is 5.64. The van der Waals surface area contributed by atoms with Crippen LogP contribution in [0.15, 0.2) is 60.7 Å². The standard InChI is InChI=1S/C36H46Cl2N2O7/c1-21(2)17-29-34(44)46-28(23(4)32(42)31(38)25-11-8-7-9-12-25)13-10-14-30(41)40-27(19-24-16-15-22(3)26(37)18-24)33(43)39-20-36(5,6)35(45)47-29/h7-12,14-16,18,21,23,27-29,31-32,42H,13,17,19-20H2,1-6H3,(H,39,43)(H,40,41)/b14-10+. The first kappa shape index (κ1) is 38.1. The van der Waals surface area contributed by atoms with Crippen LogP contribution in [0.25, 0.3) is 0 Å². The van der Waals surface area contributed by atoms with E-state index in [2.05, 4.69) is 10.6 Å². The minimum absolute atomic E-state index is 0.0276.